The molecule has 2 aromatic heterocycles. The Hall–Kier alpha value is -13.5. The van der Waals surface area contributed by atoms with Gasteiger partial charge < -0.3 is 88.8 Å². The first-order chi connectivity index (χ1) is 66.1. The van der Waals surface area contributed by atoms with Crippen LogP contribution in [0.2, 0.25) is 0 Å². The predicted octanol–water partition coefficient (Wildman–Crippen LogP) is 18.2. The maximum Gasteiger partial charge on any atom is 0.410 e. The third-order valence-corrected chi connectivity index (χ3v) is 27.8. The Morgan fingerprint density at radius 2 is 0.899 bits per heavy atom. The lowest BCUT2D eigenvalue weighted by molar-refractivity contribution is -0.140. The van der Waals surface area contributed by atoms with Crippen molar-refractivity contribution in [2.24, 2.45) is 57.3 Å². The summed E-state index contributed by atoms with van der Waals surface area (Å²) in [5.74, 6) is 1.41. The zero-order chi connectivity index (χ0) is 98.1. The van der Waals surface area contributed by atoms with Crippen molar-refractivity contribution in [2.45, 2.75) is 195 Å². The second-order valence-electron chi connectivity index (χ2n) is 39.6. The number of aromatic nitrogens is 4. The number of rotatable bonds is 23. The first kappa shape index (κ1) is 97.6. The third kappa shape index (κ3) is 20.4. The number of aromatic amines is 2. The van der Waals surface area contributed by atoms with E-state index >= 15 is 0 Å². The minimum absolute atomic E-state index is 0.0201. The number of fused-ring (bicyclic) bond motifs is 14. The van der Waals surface area contributed by atoms with E-state index in [1.807, 2.05) is 89.1 Å². The van der Waals surface area contributed by atoms with Crippen molar-refractivity contribution >= 4 is 120 Å². The van der Waals surface area contributed by atoms with Gasteiger partial charge in [0.1, 0.15) is 60.1 Å². The number of aliphatic carboxylic acids is 1. The molecule has 3 saturated heterocycles. The van der Waals surface area contributed by atoms with Gasteiger partial charge in [-0.05, 0) is 245 Å². The van der Waals surface area contributed by atoms with E-state index in [9.17, 15) is 43.2 Å². The van der Waals surface area contributed by atoms with E-state index in [4.69, 9.17) is 63.0 Å². The van der Waals surface area contributed by atoms with Gasteiger partial charge in [-0.3, -0.25) is 29.3 Å². The number of benzene rings is 8. The number of amides is 7. The molecule has 4 fully saturated rings. The summed E-state index contributed by atoms with van der Waals surface area (Å²) in [6, 6.07) is 39.1. The normalized spacial score (nSPS) is 19.7. The quantitative estimate of drug-likeness (QED) is 0.0292. The van der Waals surface area contributed by atoms with Crippen molar-refractivity contribution < 1.29 is 90.9 Å². The zero-order valence-corrected chi connectivity index (χ0v) is 81.4. The molecule has 8 aromatic carbocycles. The van der Waals surface area contributed by atoms with Gasteiger partial charge in [-0.25, -0.2) is 38.7 Å². The smallest absolute Gasteiger partial charge is 0.410 e. The number of carbonyl (C=O) groups is 9. The fraction of sp³-hybridized carbons (Fsp3) is 0.462. The Labute approximate surface area is 802 Å². The molecule has 1 saturated carbocycles. The molecular formula is C106H125N13O19. The van der Waals surface area contributed by atoms with E-state index in [0.717, 1.165) is 195 Å². The maximum atomic E-state index is 14.2. The van der Waals surface area contributed by atoms with Crippen LogP contribution in [0.1, 0.15) is 167 Å². The van der Waals surface area contributed by atoms with E-state index in [2.05, 4.69) is 145 Å². The van der Waals surface area contributed by atoms with Gasteiger partial charge >= 0.3 is 36.4 Å². The highest BCUT2D eigenvalue weighted by molar-refractivity contribution is 6.08. The number of likely N-dealkylation sites (tertiary alicyclic amines) is 3. The van der Waals surface area contributed by atoms with Crippen molar-refractivity contribution in [3.63, 3.8) is 0 Å². The van der Waals surface area contributed by atoms with Crippen LogP contribution in [0.5, 0.6) is 11.5 Å². The summed E-state index contributed by atoms with van der Waals surface area (Å²) >= 11 is 0. The highest BCUT2D eigenvalue weighted by Crippen LogP contribution is 2.50. The zero-order valence-electron chi connectivity index (χ0n) is 81.4. The molecule has 7 aliphatic heterocycles. The summed E-state index contributed by atoms with van der Waals surface area (Å²) in [5.41, 5.74) is 19.7. The first-order valence-electron chi connectivity index (χ1n) is 47.7. The number of hydrogen-bond donors (Lipinski definition) is 7. The molecule has 0 bridgehead atoms. The number of hydrogen-bond acceptors (Lipinski definition) is 22. The van der Waals surface area contributed by atoms with Crippen molar-refractivity contribution in [2.75, 3.05) is 75.5 Å². The van der Waals surface area contributed by atoms with Gasteiger partial charge in [0.25, 0.3) is 0 Å². The molecule has 728 valence electrons. The summed E-state index contributed by atoms with van der Waals surface area (Å²) in [6.07, 6.45) is 3.92. The number of nitrogens with one attached hydrogen (secondary N) is 6. The number of aliphatic imine (C=N–C) groups is 2. The standard InChI is InChI=1S/C51H58N6O8.C48H54N6O7.C7H13NO4/c1-26(2)45(55-50(60)63-6)47(58)38-18-28(24-62-5)17-35(38)41-22-36-34-23-44-37(20-31(34)12-14-39(36)52-41)33-13-10-29(19-32(33)25-65-44)30-11-15-40-42(21-30)54-48(53-40)43-9-8-16-57(43)49(59)46(27(3)4)56-51(61)64-7;1-26(2)43(52-46(56)59-7)45(55)53-16-8-9-40(53)44-50-37-15-11-29(20-38(37)51-44)28-10-13-32-31(18-28)25-60-42-22-33-30(19-35(32)42)12-14-36-34(33)21-39(49-36)41-17-27(24-58-6)23-54(41)47(57)61-48(3,4)5;1-4(2)5(6(9)10)8-7(11)12-3/h10-15,19-21,23,26-28,35,38,43,45-46H,8-9,16-18,22,24-25H2,1-7H3,(H,53,54)(H,55,60)(H,56,61);10-15,18-20,22,26-27,40-41,43H,8-9,16-17,21,23-25H2,1-7H3,(H,50,51)(H,52,56);4-5H,1-3H3,(H,8,11)(H,9,10)/t28-,35+,38?,43-,45-,46-;27-,40-,41-,43-;5-/m000/s1. The topological polar surface area (TPSA) is 397 Å². The maximum absolute atomic E-state index is 14.2. The van der Waals surface area contributed by atoms with Crippen LogP contribution >= 0.6 is 0 Å². The van der Waals surface area contributed by atoms with Gasteiger partial charge in [-0.2, -0.15) is 0 Å². The molecule has 0 radical (unpaired) electrons. The Balaban J connectivity index is 0.000000179. The van der Waals surface area contributed by atoms with Crippen LogP contribution in [-0.4, -0.2) is 217 Å². The Morgan fingerprint density at radius 3 is 1.34 bits per heavy atom. The second kappa shape index (κ2) is 41.0. The number of methoxy groups -OCH3 is 6. The van der Waals surface area contributed by atoms with Crippen LogP contribution in [-0.2, 0) is 78.4 Å². The third-order valence-electron chi connectivity index (χ3n) is 27.8. The number of carboxylic acids is 1. The fourth-order valence-corrected chi connectivity index (χ4v) is 20.9. The molecule has 138 heavy (non-hydrogen) atoms. The first-order valence-corrected chi connectivity index (χ1v) is 47.7. The lowest BCUT2D eigenvalue weighted by Crippen LogP contribution is -2.51. The number of carboxylic acid groups (broad SMARTS) is 1. The number of alkyl carbamates (subject to hydrolysis) is 4. The number of nitrogens with zero attached hydrogens (tertiary/aromatic N) is 7. The van der Waals surface area contributed by atoms with Crippen molar-refractivity contribution in [3.8, 4) is 56.0 Å². The predicted molar refractivity (Wildman–Crippen MR) is 524 cm³/mol. The van der Waals surface area contributed by atoms with Gasteiger partial charge in [0.2, 0.25) is 11.8 Å². The number of ketones is 1. The second-order valence-corrected chi connectivity index (χ2v) is 39.6. The summed E-state index contributed by atoms with van der Waals surface area (Å²) in [4.78, 5) is 145. The Kier molecular flexibility index (Phi) is 29.0. The van der Waals surface area contributed by atoms with E-state index in [-0.39, 0.29) is 89.2 Å². The molecule has 10 aromatic rings. The lowest BCUT2D eigenvalue weighted by Gasteiger charge is -2.29. The molecule has 32 nitrogen and oxygen atoms in total. The molecule has 0 spiro atoms. The molecule has 8 aliphatic rings. The molecule has 32 heteroatoms. The molecule has 9 heterocycles. The Bertz CT molecular complexity index is 6440. The van der Waals surface area contributed by atoms with Crippen molar-refractivity contribution in [1.82, 2.24) is 55.9 Å². The lowest BCUT2D eigenvalue weighted by atomic mass is 9.81. The molecule has 11 atom stereocenters. The molecule has 1 aliphatic carbocycles. The van der Waals surface area contributed by atoms with Gasteiger partial charge in [0.05, 0.1) is 92.7 Å². The van der Waals surface area contributed by atoms with E-state index in [1.54, 1.807) is 28.1 Å². The number of ether oxygens (including phenoxy) is 9. The summed E-state index contributed by atoms with van der Waals surface area (Å²) < 4.78 is 48.6. The van der Waals surface area contributed by atoms with Crippen LogP contribution in [0, 0.1) is 47.3 Å². The van der Waals surface area contributed by atoms with Crippen LogP contribution < -0.4 is 30.7 Å². The average molecular weight is 1890 g/mol. The summed E-state index contributed by atoms with van der Waals surface area (Å²) in [7, 11) is 8.49. The minimum atomic E-state index is -1.06. The Morgan fingerprint density at radius 1 is 0.471 bits per heavy atom. The summed E-state index contributed by atoms with van der Waals surface area (Å²) in [6.45, 7) is 24.4. The molecule has 18 rings (SSSR count). The molecule has 7 amide bonds. The monoisotopic (exact) mass is 1880 g/mol. The highest BCUT2D eigenvalue weighted by Gasteiger charge is 2.48. The van der Waals surface area contributed by atoms with Crippen LogP contribution in [0.4, 0.5) is 35.3 Å². The summed E-state index contributed by atoms with van der Waals surface area (Å²) in [5, 5.41) is 23.5. The SMILES string of the molecule is COC(=O)N[C@H](C(=O)O)C(C)C.COC[C@@H]1CC(C(=O)[C@@H](NC(=O)OC)C(C)C)[C@H](C2=Nc3ccc4cc5c(cc4c3C2)OCc2cc(-c3ccc4nc([C@@H]6CCCN6C(=O)[C@@H](NC(=O)OC)C(C)C)[nH]c4c3)ccc2-5)C1.COC[C@H]1C[C@@H](C2=Nc3ccc4cc5c(cc4c3C2)OCc2cc(-c3ccc4nc([C@@H]6CCCN6C(=O)[C@@H](NC(=O)OC)C(C)C)[nH]c4c3)ccc2-5)N(C(=O)OC(C)(C)C)C1. The van der Waals surface area contributed by atoms with Gasteiger partial charge in [0.15, 0.2) is 5.78 Å². The van der Waals surface area contributed by atoms with E-state index in [0.29, 0.717) is 65.3 Å². The molecular weight excluding hydrogens is 1760 g/mol. The minimum Gasteiger partial charge on any atom is -0.488 e. The van der Waals surface area contributed by atoms with Crippen molar-refractivity contribution in [1.29, 1.82) is 0 Å². The molecule has 1 unspecified atom stereocenters. The molecule has 7 N–H and O–H groups in total. The van der Waals surface area contributed by atoms with E-state index in [1.165, 1.54) is 28.4 Å². The van der Waals surface area contributed by atoms with Crippen molar-refractivity contribution in [3.05, 3.63) is 155 Å². The number of Topliss-reactive ketones (excluding diaryl/α,β-unsaturated/α-hetero) is 1. The van der Waals surface area contributed by atoms with Crippen LogP contribution in [0.3, 0.4) is 0 Å². The van der Waals surface area contributed by atoms with Gasteiger partial charge in [-0.1, -0.05) is 104 Å². The van der Waals surface area contributed by atoms with E-state index < -0.39 is 60.1 Å². The fourth-order valence-electron chi connectivity index (χ4n) is 20.9. The van der Waals surface area contributed by atoms with Crippen LogP contribution in [0.15, 0.2) is 131 Å². The van der Waals surface area contributed by atoms with Crippen LogP contribution in [0.25, 0.3) is 88.1 Å². The number of carbonyl (C=O) groups excluding carboxylic acids is 8. The van der Waals surface area contributed by atoms with Gasteiger partial charge in [0, 0.05) is 93.6 Å². The van der Waals surface area contributed by atoms with Gasteiger partial charge in [-0.15, -0.1) is 0 Å². The largest absolute Gasteiger partial charge is 0.488 e. The highest BCUT2D eigenvalue weighted by atomic mass is 16.6. The number of H-pyrrole nitrogens is 2. The average Bonchev–Trinajstić information content (AvgIpc) is 1.31. The number of imidazole rings is 2.